The maximum Gasteiger partial charge on any atom is 0.416 e. The van der Waals surface area contributed by atoms with Gasteiger partial charge in [0.2, 0.25) is 5.95 Å². The van der Waals surface area contributed by atoms with Gasteiger partial charge in [-0.2, -0.15) is 18.2 Å². The average Bonchev–Trinajstić information content (AvgIpc) is 2.84. The summed E-state index contributed by atoms with van der Waals surface area (Å²) in [4.78, 5) is 15.2. The molecule has 0 aliphatic heterocycles. The van der Waals surface area contributed by atoms with Crippen LogP contribution in [0.1, 0.15) is 10.4 Å². The number of ether oxygens (including phenoxy) is 1. The van der Waals surface area contributed by atoms with E-state index in [4.69, 9.17) is 5.11 Å². The van der Waals surface area contributed by atoms with Crippen LogP contribution in [0.3, 0.4) is 0 Å². The van der Waals surface area contributed by atoms with Crippen molar-refractivity contribution in [2.45, 2.75) is 12.3 Å². The molecular weight excluding hydrogens is 293 g/mol. The molecule has 0 bridgehead atoms. The van der Waals surface area contributed by atoms with Crippen molar-refractivity contribution < 1.29 is 27.8 Å². The molecule has 0 aromatic carbocycles. The number of hydrogen-bond acceptors (Lipinski definition) is 6. The molecule has 2 N–H and O–H groups in total. The number of carbonyl (C=O) groups is 1. The van der Waals surface area contributed by atoms with Crippen molar-refractivity contribution in [2.24, 2.45) is 0 Å². The summed E-state index contributed by atoms with van der Waals surface area (Å²) in [7, 11) is 1.22. The maximum absolute atomic E-state index is 12.1. The number of aromatic nitrogens is 3. The zero-order chi connectivity index (χ0) is 15.6. The van der Waals surface area contributed by atoms with Gasteiger partial charge in [-0.25, -0.2) is 9.31 Å². The number of alkyl halides is 3. The largest absolute Gasteiger partial charge is 0.465 e. The molecule has 2 aromatic heterocycles. The highest BCUT2D eigenvalue weighted by Gasteiger charge is 2.38. The van der Waals surface area contributed by atoms with E-state index >= 15 is 0 Å². The van der Waals surface area contributed by atoms with Crippen molar-refractivity contribution in [3.05, 3.63) is 23.9 Å². The predicted molar refractivity (Wildman–Crippen MR) is 64.9 cm³/mol. The number of aliphatic hydroxyl groups is 1. The first-order valence-corrected chi connectivity index (χ1v) is 5.74. The van der Waals surface area contributed by atoms with Crippen LogP contribution in [0.25, 0.3) is 5.65 Å². The summed E-state index contributed by atoms with van der Waals surface area (Å²) in [6.07, 6.45) is -5.90. The van der Waals surface area contributed by atoms with E-state index in [2.05, 4.69) is 20.1 Å². The van der Waals surface area contributed by atoms with Gasteiger partial charge in [0.1, 0.15) is 0 Å². The molecule has 0 saturated heterocycles. The van der Waals surface area contributed by atoms with Gasteiger partial charge < -0.3 is 15.2 Å². The van der Waals surface area contributed by atoms with E-state index in [1.165, 1.54) is 30.0 Å². The van der Waals surface area contributed by atoms with Crippen LogP contribution in [0, 0.1) is 0 Å². The van der Waals surface area contributed by atoms with E-state index in [-0.39, 0.29) is 11.5 Å². The van der Waals surface area contributed by atoms with Gasteiger partial charge in [-0.05, 0) is 12.1 Å². The van der Waals surface area contributed by atoms with Gasteiger partial charge in [-0.3, -0.25) is 0 Å². The molecule has 2 aromatic rings. The Labute approximate surface area is 116 Å². The maximum atomic E-state index is 12.1. The van der Waals surface area contributed by atoms with Gasteiger partial charge in [0.25, 0.3) is 0 Å². The third-order valence-electron chi connectivity index (χ3n) is 2.58. The van der Waals surface area contributed by atoms with Crippen LogP contribution < -0.4 is 5.32 Å². The Balaban J connectivity index is 2.14. The highest BCUT2D eigenvalue weighted by molar-refractivity contribution is 5.89. The minimum absolute atomic E-state index is 0.0969. The summed E-state index contributed by atoms with van der Waals surface area (Å²) >= 11 is 0. The molecule has 0 spiro atoms. The molecule has 1 unspecified atom stereocenters. The van der Waals surface area contributed by atoms with E-state index in [1.807, 2.05) is 0 Å². The second-order valence-corrected chi connectivity index (χ2v) is 4.09. The van der Waals surface area contributed by atoms with Crippen LogP contribution in [0.4, 0.5) is 19.1 Å². The molecular formula is C11H11F3N4O3. The van der Waals surface area contributed by atoms with Crippen molar-refractivity contribution >= 4 is 17.6 Å². The highest BCUT2D eigenvalue weighted by atomic mass is 19.4. The summed E-state index contributed by atoms with van der Waals surface area (Å²) in [5.74, 6) is -0.672. The molecule has 7 nitrogen and oxygen atoms in total. The van der Waals surface area contributed by atoms with Crippen molar-refractivity contribution in [1.29, 1.82) is 0 Å². The number of methoxy groups -OCH3 is 1. The highest BCUT2D eigenvalue weighted by Crippen LogP contribution is 2.20. The van der Waals surface area contributed by atoms with Gasteiger partial charge in [0, 0.05) is 6.20 Å². The Hall–Kier alpha value is -2.36. The quantitative estimate of drug-likeness (QED) is 0.814. The monoisotopic (exact) mass is 304 g/mol. The number of anilines is 1. The minimum Gasteiger partial charge on any atom is -0.465 e. The summed E-state index contributed by atoms with van der Waals surface area (Å²) in [5.41, 5.74) is 0.545. The lowest BCUT2D eigenvalue weighted by Gasteiger charge is -2.13. The lowest BCUT2D eigenvalue weighted by molar-refractivity contribution is -0.198. The third kappa shape index (κ3) is 3.40. The van der Waals surface area contributed by atoms with Crippen molar-refractivity contribution in [3.8, 4) is 0 Å². The predicted octanol–water partition coefficient (Wildman–Crippen LogP) is 0.851. The standard InChI is InChI=1S/C11H11F3N4O3/c1-21-9(20)6-2-3-8-16-10(17-18(8)5-6)15-4-7(19)11(12,13)14/h2-3,5,7,19H,4H2,1H3,(H,15,17). The first-order chi connectivity index (χ1) is 9.81. The number of fused-ring (bicyclic) bond motifs is 1. The molecule has 0 aliphatic rings. The fraction of sp³-hybridized carbons (Fsp3) is 0.364. The van der Waals surface area contributed by atoms with Crippen LogP contribution in [-0.2, 0) is 4.74 Å². The number of rotatable bonds is 4. The van der Waals surface area contributed by atoms with Gasteiger partial charge in [-0.1, -0.05) is 0 Å². The van der Waals surface area contributed by atoms with Crippen molar-refractivity contribution in [2.75, 3.05) is 19.0 Å². The number of halogens is 3. The summed E-state index contributed by atoms with van der Waals surface area (Å²) in [6.45, 7) is -0.774. The number of aliphatic hydroxyl groups excluding tert-OH is 1. The minimum atomic E-state index is -4.72. The van der Waals surface area contributed by atoms with Crippen LogP contribution >= 0.6 is 0 Å². The van der Waals surface area contributed by atoms with Crippen LogP contribution in [0.5, 0.6) is 0 Å². The van der Waals surface area contributed by atoms with Gasteiger partial charge in [-0.15, -0.1) is 5.10 Å². The fourth-order valence-electron chi connectivity index (χ4n) is 1.50. The number of esters is 1. The molecule has 0 amide bonds. The molecule has 0 saturated carbocycles. The Morgan fingerprint density at radius 1 is 1.52 bits per heavy atom. The number of carbonyl (C=O) groups excluding carboxylic acids is 1. The zero-order valence-electron chi connectivity index (χ0n) is 10.8. The Morgan fingerprint density at radius 3 is 2.86 bits per heavy atom. The van der Waals surface area contributed by atoms with Crippen LogP contribution in [-0.4, -0.2) is 51.6 Å². The summed E-state index contributed by atoms with van der Waals surface area (Å²) in [6, 6.07) is 2.91. The molecule has 10 heteroatoms. The first-order valence-electron chi connectivity index (χ1n) is 5.74. The number of nitrogens with zero attached hydrogens (tertiary/aromatic N) is 3. The Kier molecular flexibility index (Phi) is 3.98. The van der Waals surface area contributed by atoms with E-state index in [9.17, 15) is 18.0 Å². The van der Waals surface area contributed by atoms with E-state index in [0.717, 1.165) is 0 Å². The molecule has 2 rings (SSSR count). The van der Waals surface area contributed by atoms with Crippen molar-refractivity contribution in [1.82, 2.24) is 14.6 Å². The van der Waals surface area contributed by atoms with Crippen molar-refractivity contribution in [3.63, 3.8) is 0 Å². The molecule has 2 heterocycles. The van der Waals surface area contributed by atoms with Gasteiger partial charge in [0.05, 0.1) is 19.2 Å². The Morgan fingerprint density at radius 2 is 2.24 bits per heavy atom. The fourth-order valence-corrected chi connectivity index (χ4v) is 1.50. The van der Waals surface area contributed by atoms with Crippen LogP contribution in [0.15, 0.2) is 18.3 Å². The molecule has 114 valence electrons. The third-order valence-corrected chi connectivity index (χ3v) is 2.58. The second-order valence-electron chi connectivity index (χ2n) is 4.09. The number of hydrogen-bond donors (Lipinski definition) is 2. The average molecular weight is 304 g/mol. The van der Waals surface area contributed by atoms with E-state index in [1.54, 1.807) is 0 Å². The molecule has 0 radical (unpaired) electrons. The molecule has 21 heavy (non-hydrogen) atoms. The Bertz CT molecular complexity index is 656. The molecule has 0 fully saturated rings. The lowest BCUT2D eigenvalue weighted by atomic mass is 10.3. The first kappa shape index (κ1) is 15.0. The van der Waals surface area contributed by atoms with E-state index in [0.29, 0.717) is 5.65 Å². The van der Waals surface area contributed by atoms with Gasteiger partial charge >= 0.3 is 12.1 Å². The smallest absolute Gasteiger partial charge is 0.416 e. The zero-order valence-corrected chi connectivity index (χ0v) is 10.8. The molecule has 1 atom stereocenters. The van der Waals surface area contributed by atoms with E-state index < -0.39 is 24.8 Å². The van der Waals surface area contributed by atoms with Gasteiger partial charge in [0.15, 0.2) is 11.8 Å². The second kappa shape index (κ2) is 5.56. The molecule has 0 aliphatic carbocycles. The summed E-state index contributed by atoms with van der Waals surface area (Å²) < 4.78 is 42.2. The lowest BCUT2D eigenvalue weighted by Crippen LogP contribution is -2.35. The SMILES string of the molecule is COC(=O)c1ccc2nc(NCC(O)C(F)(F)F)nn2c1. The van der Waals surface area contributed by atoms with Crippen LogP contribution in [0.2, 0.25) is 0 Å². The normalized spacial score (nSPS) is 13.2. The topological polar surface area (TPSA) is 88.8 Å². The number of pyridine rings is 1. The number of nitrogens with one attached hydrogen (secondary N) is 1. The summed E-state index contributed by atoms with van der Waals surface area (Å²) in [5, 5.41) is 15.0.